The number of nitrogens with two attached hydrogens (primary N) is 1. The fourth-order valence-electron chi connectivity index (χ4n) is 2.32. The third-order valence-electron chi connectivity index (χ3n) is 3.88. The zero-order chi connectivity index (χ0) is 16.9. The Morgan fingerprint density at radius 3 is 2.69 bits per heavy atom. The van der Waals surface area contributed by atoms with Crippen LogP contribution in [0.25, 0.3) is 0 Å². The Labute approximate surface area is 174 Å². The van der Waals surface area contributed by atoms with Crippen LogP contribution in [0.5, 0.6) is 5.75 Å². The van der Waals surface area contributed by atoms with Crippen molar-refractivity contribution in [1.29, 1.82) is 0 Å². The molecule has 1 unspecified atom stereocenters. The van der Waals surface area contributed by atoms with Crippen LogP contribution in [0.2, 0.25) is 5.02 Å². The molecule has 1 aliphatic rings. The normalized spacial score (nSPS) is 13.9. The van der Waals surface area contributed by atoms with Gasteiger partial charge in [0, 0.05) is 23.0 Å². The minimum Gasteiger partial charge on any atom is -0.486 e. The molecule has 0 bridgehead atoms. The highest BCUT2D eigenvalue weighted by Gasteiger charge is 2.28. The maximum atomic E-state index is 11.9. The Kier molecular flexibility index (Phi) is 9.68. The molecule has 144 valence electrons. The third kappa shape index (κ3) is 7.29. The number of benzene rings is 1. The highest BCUT2D eigenvalue weighted by Crippen LogP contribution is 2.31. The fourth-order valence-corrected chi connectivity index (χ4v) is 3.15. The van der Waals surface area contributed by atoms with Gasteiger partial charge in [0.15, 0.2) is 0 Å². The first-order valence-electron chi connectivity index (χ1n) is 7.94. The molecule has 0 radical (unpaired) electrons. The smallest absolute Gasteiger partial charge is 0.226 e. The van der Waals surface area contributed by atoms with E-state index in [1.54, 1.807) is 12.1 Å². The molecule has 1 heterocycles. The number of thiazole rings is 1. The summed E-state index contributed by atoms with van der Waals surface area (Å²) in [5.41, 5.74) is 6.73. The van der Waals surface area contributed by atoms with E-state index in [1.807, 2.05) is 17.5 Å². The molecule has 0 aliphatic heterocycles. The number of amides is 1. The summed E-state index contributed by atoms with van der Waals surface area (Å²) in [6.07, 6.45) is 2.63. The standard InChI is InChI=1S/C17H20ClN3O2S.2ClH/c18-12-3-5-14(6-4-12)23-9-17-21-13(10-24-17)7-16(22)20-8-15(19)11-1-2-11;;/h3-6,10-11,15H,1-2,7-9,19H2,(H,20,22);2*1H. The number of carbonyl (C=O) groups is 1. The number of hydrogen-bond donors (Lipinski definition) is 2. The number of ether oxygens (including phenoxy) is 1. The molecule has 1 aliphatic carbocycles. The number of nitrogens with zero attached hydrogens (tertiary/aromatic N) is 1. The summed E-state index contributed by atoms with van der Waals surface area (Å²) in [6.45, 7) is 0.917. The van der Waals surface area contributed by atoms with Gasteiger partial charge < -0.3 is 15.8 Å². The summed E-state index contributed by atoms with van der Waals surface area (Å²) in [6, 6.07) is 7.26. The molecule has 2 aromatic rings. The number of halogens is 3. The van der Waals surface area contributed by atoms with Crippen molar-refractivity contribution in [2.75, 3.05) is 6.54 Å². The van der Waals surface area contributed by atoms with Crippen molar-refractivity contribution < 1.29 is 9.53 Å². The van der Waals surface area contributed by atoms with Crippen LogP contribution in [0.4, 0.5) is 0 Å². The molecule has 3 rings (SSSR count). The predicted octanol–water partition coefficient (Wildman–Crippen LogP) is 3.62. The van der Waals surface area contributed by atoms with Crippen molar-refractivity contribution in [3.63, 3.8) is 0 Å². The summed E-state index contributed by atoms with van der Waals surface area (Å²) in [7, 11) is 0. The second kappa shape index (κ2) is 10.9. The van der Waals surface area contributed by atoms with Crippen LogP contribution in [0.1, 0.15) is 23.5 Å². The second-order valence-corrected chi connectivity index (χ2v) is 7.34. The fraction of sp³-hybridized carbons (Fsp3) is 0.412. The molecular formula is C17H22Cl3N3O2S. The number of carbonyl (C=O) groups excluding carboxylic acids is 1. The highest BCUT2D eigenvalue weighted by atomic mass is 35.5. The minimum atomic E-state index is -0.0402. The van der Waals surface area contributed by atoms with Crippen molar-refractivity contribution in [3.05, 3.63) is 45.4 Å². The quantitative estimate of drug-likeness (QED) is 0.660. The summed E-state index contributed by atoms with van der Waals surface area (Å²) in [5.74, 6) is 1.28. The molecule has 1 aromatic carbocycles. The number of rotatable bonds is 8. The lowest BCUT2D eigenvalue weighted by molar-refractivity contribution is -0.120. The van der Waals surface area contributed by atoms with Crippen LogP contribution in [0, 0.1) is 5.92 Å². The summed E-state index contributed by atoms with van der Waals surface area (Å²) < 4.78 is 5.65. The molecule has 1 saturated carbocycles. The van der Waals surface area contributed by atoms with Crippen molar-refractivity contribution >= 4 is 53.7 Å². The minimum absolute atomic E-state index is 0. The molecule has 9 heteroatoms. The van der Waals surface area contributed by atoms with Crippen LogP contribution in [-0.2, 0) is 17.8 Å². The van der Waals surface area contributed by atoms with Crippen molar-refractivity contribution in [2.45, 2.75) is 31.9 Å². The first-order chi connectivity index (χ1) is 11.6. The van der Waals surface area contributed by atoms with Crippen molar-refractivity contribution in [3.8, 4) is 5.75 Å². The van der Waals surface area contributed by atoms with Crippen LogP contribution in [0.3, 0.4) is 0 Å². The molecule has 3 N–H and O–H groups in total. The highest BCUT2D eigenvalue weighted by molar-refractivity contribution is 7.09. The average Bonchev–Trinajstić information content (AvgIpc) is 3.33. The Balaban J connectivity index is 0.00000169. The SMILES string of the molecule is Cl.Cl.NC(CNC(=O)Cc1csc(COc2ccc(Cl)cc2)n1)C1CC1. The van der Waals surface area contributed by atoms with Gasteiger partial charge in [-0.05, 0) is 43.0 Å². The molecule has 26 heavy (non-hydrogen) atoms. The summed E-state index contributed by atoms with van der Waals surface area (Å²) in [5, 5.41) is 6.28. The lowest BCUT2D eigenvalue weighted by atomic mass is 10.2. The number of nitrogens with one attached hydrogen (secondary N) is 1. The predicted molar refractivity (Wildman–Crippen MR) is 110 cm³/mol. The third-order valence-corrected chi connectivity index (χ3v) is 5.00. The van der Waals surface area contributed by atoms with E-state index in [4.69, 9.17) is 22.1 Å². The van der Waals surface area contributed by atoms with Crippen molar-refractivity contribution in [1.82, 2.24) is 10.3 Å². The van der Waals surface area contributed by atoms with E-state index in [1.165, 1.54) is 24.2 Å². The Bertz CT molecular complexity index is 693. The maximum absolute atomic E-state index is 11.9. The maximum Gasteiger partial charge on any atom is 0.226 e. The topological polar surface area (TPSA) is 77.2 Å². The van der Waals surface area contributed by atoms with Crippen LogP contribution < -0.4 is 15.8 Å². The van der Waals surface area contributed by atoms with Gasteiger partial charge in [-0.15, -0.1) is 36.2 Å². The van der Waals surface area contributed by atoms with E-state index in [0.29, 0.717) is 24.1 Å². The number of aromatic nitrogens is 1. The van der Waals surface area contributed by atoms with Gasteiger partial charge >= 0.3 is 0 Å². The monoisotopic (exact) mass is 437 g/mol. The van der Waals surface area contributed by atoms with Gasteiger partial charge in [0.2, 0.25) is 5.91 Å². The van der Waals surface area contributed by atoms with Crippen molar-refractivity contribution in [2.24, 2.45) is 11.7 Å². The van der Waals surface area contributed by atoms with E-state index < -0.39 is 0 Å². The summed E-state index contributed by atoms with van der Waals surface area (Å²) in [4.78, 5) is 16.4. The van der Waals surface area contributed by atoms with Gasteiger partial charge in [0.05, 0.1) is 12.1 Å². The molecule has 1 amide bonds. The summed E-state index contributed by atoms with van der Waals surface area (Å²) >= 11 is 7.32. The van der Waals surface area contributed by atoms with Gasteiger partial charge in [0.1, 0.15) is 17.4 Å². The van der Waals surface area contributed by atoms with E-state index in [9.17, 15) is 4.79 Å². The van der Waals surface area contributed by atoms with E-state index in [0.717, 1.165) is 16.5 Å². The molecule has 0 saturated heterocycles. The Morgan fingerprint density at radius 2 is 2.04 bits per heavy atom. The number of hydrogen-bond acceptors (Lipinski definition) is 5. The van der Waals surface area contributed by atoms with Gasteiger partial charge in [0.25, 0.3) is 0 Å². The zero-order valence-corrected chi connectivity index (χ0v) is 17.2. The van der Waals surface area contributed by atoms with Gasteiger partial charge in [-0.2, -0.15) is 0 Å². The van der Waals surface area contributed by atoms with Gasteiger partial charge in [-0.1, -0.05) is 11.6 Å². The van der Waals surface area contributed by atoms with Crippen LogP contribution in [-0.4, -0.2) is 23.5 Å². The first kappa shape index (κ1) is 23.0. The average molecular weight is 439 g/mol. The van der Waals surface area contributed by atoms with E-state index in [-0.39, 0.29) is 43.2 Å². The lowest BCUT2D eigenvalue weighted by Gasteiger charge is -2.10. The van der Waals surface area contributed by atoms with Crippen LogP contribution >= 0.6 is 47.8 Å². The molecule has 5 nitrogen and oxygen atoms in total. The van der Waals surface area contributed by atoms with E-state index >= 15 is 0 Å². The van der Waals surface area contributed by atoms with Crippen LogP contribution in [0.15, 0.2) is 29.6 Å². The van der Waals surface area contributed by atoms with Gasteiger partial charge in [-0.25, -0.2) is 4.98 Å². The molecule has 1 fully saturated rings. The molecule has 1 aromatic heterocycles. The molecular weight excluding hydrogens is 417 g/mol. The lowest BCUT2D eigenvalue weighted by Crippen LogP contribution is -2.39. The zero-order valence-electron chi connectivity index (χ0n) is 14.0. The first-order valence-corrected chi connectivity index (χ1v) is 9.20. The van der Waals surface area contributed by atoms with E-state index in [2.05, 4.69) is 10.3 Å². The Morgan fingerprint density at radius 1 is 1.35 bits per heavy atom. The second-order valence-electron chi connectivity index (χ2n) is 5.96. The van der Waals surface area contributed by atoms with Gasteiger partial charge in [-0.3, -0.25) is 4.79 Å². The molecule has 1 atom stereocenters. The molecule has 0 spiro atoms. The Hall–Kier alpha value is -1.05. The largest absolute Gasteiger partial charge is 0.486 e.